The van der Waals surface area contributed by atoms with Gasteiger partial charge in [0.1, 0.15) is 30.0 Å². The van der Waals surface area contributed by atoms with E-state index in [-0.39, 0.29) is 0 Å². The summed E-state index contributed by atoms with van der Waals surface area (Å²) in [6.45, 7) is 0. The Bertz CT molecular complexity index is 654. The highest BCUT2D eigenvalue weighted by Crippen LogP contribution is 2.38. The lowest BCUT2D eigenvalue weighted by Gasteiger charge is -2.14. The summed E-state index contributed by atoms with van der Waals surface area (Å²) in [5, 5.41) is 11.8. The highest BCUT2D eigenvalue weighted by molar-refractivity contribution is 5.50. The molecule has 4 nitrogen and oxygen atoms in total. The van der Waals surface area contributed by atoms with Crippen LogP contribution in [-0.4, -0.2) is 14.8 Å². The molecule has 1 aromatic heterocycles. The average Bonchev–Trinajstić information content (AvgIpc) is 2.82. The standard InChI is InChI=1S/C10H3F5N4/c11-6-1-5(2-16)8(12)7(10(13,14)15)9(6)19-4-17-3-18-19/h1,3-4H. The second-order valence-electron chi connectivity index (χ2n) is 3.39. The van der Waals surface area contributed by atoms with E-state index >= 15 is 0 Å². The molecule has 0 saturated heterocycles. The molecule has 0 atom stereocenters. The van der Waals surface area contributed by atoms with E-state index in [1.54, 1.807) is 0 Å². The quantitative estimate of drug-likeness (QED) is 0.750. The normalized spacial score (nSPS) is 11.4. The number of hydrogen-bond acceptors (Lipinski definition) is 3. The molecule has 98 valence electrons. The van der Waals surface area contributed by atoms with Gasteiger partial charge in [0.25, 0.3) is 0 Å². The summed E-state index contributed by atoms with van der Waals surface area (Å²) in [5.74, 6) is -3.27. The Morgan fingerprint density at radius 2 is 1.95 bits per heavy atom. The summed E-state index contributed by atoms with van der Waals surface area (Å²) in [5.41, 5.74) is -4.07. The second-order valence-corrected chi connectivity index (χ2v) is 3.39. The van der Waals surface area contributed by atoms with Gasteiger partial charge in [-0.25, -0.2) is 18.4 Å². The van der Waals surface area contributed by atoms with Gasteiger partial charge in [0, 0.05) is 0 Å². The molecule has 0 unspecified atom stereocenters. The first-order valence-electron chi connectivity index (χ1n) is 4.70. The molecule has 0 radical (unpaired) electrons. The predicted octanol–water partition coefficient (Wildman–Crippen LogP) is 2.44. The average molecular weight is 274 g/mol. The maximum atomic E-state index is 13.7. The number of rotatable bonds is 1. The van der Waals surface area contributed by atoms with E-state index in [1.807, 2.05) is 0 Å². The molecule has 2 rings (SSSR count). The van der Waals surface area contributed by atoms with Gasteiger partial charge >= 0.3 is 6.18 Å². The smallest absolute Gasteiger partial charge is 0.223 e. The molecule has 0 aliphatic rings. The maximum absolute atomic E-state index is 13.7. The molecular formula is C10H3F5N4. The van der Waals surface area contributed by atoms with Crippen molar-refractivity contribution < 1.29 is 22.0 Å². The van der Waals surface area contributed by atoms with Crippen molar-refractivity contribution in [2.45, 2.75) is 6.18 Å². The molecule has 2 aromatic rings. The van der Waals surface area contributed by atoms with Crippen LogP contribution in [0.3, 0.4) is 0 Å². The van der Waals surface area contributed by atoms with E-state index in [0.717, 1.165) is 18.7 Å². The molecule has 0 bridgehead atoms. The minimum absolute atomic E-state index is 0.377. The van der Waals surface area contributed by atoms with Crippen LogP contribution < -0.4 is 0 Å². The molecule has 0 fully saturated rings. The SMILES string of the molecule is N#Cc1cc(F)c(-n2cncn2)c(C(F)(F)F)c1F. The fourth-order valence-corrected chi connectivity index (χ4v) is 1.50. The van der Waals surface area contributed by atoms with E-state index in [2.05, 4.69) is 10.1 Å². The van der Waals surface area contributed by atoms with Crippen LogP contribution in [0.25, 0.3) is 5.69 Å². The summed E-state index contributed by atoms with van der Waals surface area (Å²) in [6.07, 6.45) is -3.52. The minimum Gasteiger partial charge on any atom is -0.223 e. The van der Waals surface area contributed by atoms with Crippen LogP contribution >= 0.6 is 0 Å². The third-order valence-electron chi connectivity index (χ3n) is 2.24. The van der Waals surface area contributed by atoms with Crippen LogP contribution in [0.5, 0.6) is 0 Å². The molecule has 0 saturated carbocycles. The fourth-order valence-electron chi connectivity index (χ4n) is 1.50. The summed E-state index contributed by atoms with van der Waals surface area (Å²) in [6, 6.07) is 1.54. The van der Waals surface area contributed by atoms with Gasteiger partial charge in [-0.1, -0.05) is 0 Å². The van der Waals surface area contributed by atoms with Crippen molar-refractivity contribution in [3.63, 3.8) is 0 Å². The van der Waals surface area contributed by atoms with E-state index in [9.17, 15) is 22.0 Å². The van der Waals surface area contributed by atoms with E-state index in [4.69, 9.17) is 5.26 Å². The van der Waals surface area contributed by atoms with Crippen LogP contribution in [0.2, 0.25) is 0 Å². The summed E-state index contributed by atoms with van der Waals surface area (Å²) in [4.78, 5) is 3.37. The van der Waals surface area contributed by atoms with E-state index in [0.29, 0.717) is 10.7 Å². The predicted molar refractivity (Wildman–Crippen MR) is 51.0 cm³/mol. The monoisotopic (exact) mass is 274 g/mol. The van der Waals surface area contributed by atoms with Gasteiger partial charge in [0.05, 0.1) is 5.56 Å². The lowest BCUT2D eigenvalue weighted by Crippen LogP contribution is -2.17. The zero-order valence-corrected chi connectivity index (χ0v) is 8.91. The number of benzene rings is 1. The van der Waals surface area contributed by atoms with Crippen molar-refractivity contribution in [2.75, 3.05) is 0 Å². The Kier molecular flexibility index (Phi) is 2.94. The van der Waals surface area contributed by atoms with Crippen LogP contribution in [0, 0.1) is 23.0 Å². The highest BCUT2D eigenvalue weighted by Gasteiger charge is 2.40. The Morgan fingerprint density at radius 3 is 2.42 bits per heavy atom. The van der Waals surface area contributed by atoms with Crippen molar-refractivity contribution in [3.05, 3.63) is 41.5 Å². The third-order valence-corrected chi connectivity index (χ3v) is 2.24. The first-order chi connectivity index (χ1) is 8.86. The van der Waals surface area contributed by atoms with Gasteiger partial charge in [-0.3, -0.25) is 0 Å². The number of alkyl halides is 3. The van der Waals surface area contributed by atoms with Gasteiger partial charge < -0.3 is 0 Å². The summed E-state index contributed by atoms with van der Waals surface area (Å²) in [7, 11) is 0. The van der Waals surface area contributed by atoms with Crippen molar-refractivity contribution in [2.24, 2.45) is 0 Å². The van der Waals surface area contributed by atoms with Crippen molar-refractivity contribution in [1.29, 1.82) is 5.26 Å². The summed E-state index contributed by atoms with van der Waals surface area (Å²) < 4.78 is 66.2. The van der Waals surface area contributed by atoms with Crippen LogP contribution in [-0.2, 0) is 6.18 Å². The van der Waals surface area contributed by atoms with E-state index in [1.165, 1.54) is 0 Å². The van der Waals surface area contributed by atoms with Crippen molar-refractivity contribution in [3.8, 4) is 11.8 Å². The van der Waals surface area contributed by atoms with Crippen LogP contribution in [0.4, 0.5) is 22.0 Å². The first-order valence-corrected chi connectivity index (χ1v) is 4.70. The Hall–Kier alpha value is -2.50. The third kappa shape index (κ3) is 2.12. The number of halogens is 5. The number of nitriles is 1. The topological polar surface area (TPSA) is 54.5 Å². The zero-order valence-electron chi connectivity index (χ0n) is 8.91. The van der Waals surface area contributed by atoms with Crippen LogP contribution in [0.1, 0.15) is 11.1 Å². The van der Waals surface area contributed by atoms with Gasteiger partial charge in [0.2, 0.25) is 0 Å². The lowest BCUT2D eigenvalue weighted by atomic mass is 10.1. The molecule has 0 N–H and O–H groups in total. The molecule has 0 spiro atoms. The minimum atomic E-state index is -5.18. The molecule has 1 aromatic carbocycles. The fraction of sp³-hybridized carbons (Fsp3) is 0.100. The van der Waals surface area contributed by atoms with Crippen molar-refractivity contribution >= 4 is 0 Å². The Balaban J connectivity index is 2.88. The number of nitrogens with zero attached hydrogens (tertiary/aromatic N) is 4. The summed E-state index contributed by atoms with van der Waals surface area (Å²) >= 11 is 0. The Labute approximate surface area is 102 Å². The lowest BCUT2D eigenvalue weighted by molar-refractivity contribution is -0.140. The molecule has 1 heterocycles. The molecule has 0 amide bonds. The molecule has 9 heteroatoms. The van der Waals surface area contributed by atoms with Crippen molar-refractivity contribution in [1.82, 2.24) is 14.8 Å². The number of hydrogen-bond donors (Lipinski definition) is 0. The molecule has 19 heavy (non-hydrogen) atoms. The van der Waals surface area contributed by atoms with Gasteiger partial charge in [-0.2, -0.15) is 23.5 Å². The Morgan fingerprint density at radius 1 is 1.26 bits per heavy atom. The maximum Gasteiger partial charge on any atom is 0.421 e. The number of aromatic nitrogens is 3. The molecular weight excluding hydrogens is 271 g/mol. The largest absolute Gasteiger partial charge is 0.421 e. The van der Waals surface area contributed by atoms with Crippen LogP contribution in [0.15, 0.2) is 18.7 Å². The van der Waals surface area contributed by atoms with Gasteiger partial charge in [-0.15, -0.1) is 0 Å². The zero-order chi connectivity index (χ0) is 14.2. The molecule has 0 aliphatic carbocycles. The van der Waals surface area contributed by atoms with E-state index < -0.39 is 34.6 Å². The second kappa shape index (κ2) is 4.31. The first kappa shape index (κ1) is 12.9. The molecule has 0 aliphatic heterocycles. The van der Waals surface area contributed by atoms with Gasteiger partial charge in [0.15, 0.2) is 11.6 Å². The highest BCUT2D eigenvalue weighted by atomic mass is 19.4. The van der Waals surface area contributed by atoms with Gasteiger partial charge in [-0.05, 0) is 6.07 Å².